The predicted molar refractivity (Wildman–Crippen MR) is 75.7 cm³/mol. The third-order valence-corrected chi connectivity index (χ3v) is 3.41. The summed E-state index contributed by atoms with van der Waals surface area (Å²) in [5.74, 6) is -0.0898. The minimum atomic E-state index is -0.225. The van der Waals surface area contributed by atoms with Crippen LogP contribution < -0.4 is 0 Å². The van der Waals surface area contributed by atoms with Crippen LogP contribution in [0.3, 0.4) is 0 Å². The minimum Gasteiger partial charge on any atom is -0.511 e. The van der Waals surface area contributed by atoms with Crippen LogP contribution in [0.15, 0.2) is 35.6 Å². The standard InChI is InChI=1S/C16H19NO2/c1-10-5-4-6-11(7-10)15(17)14-12(18)8-16(2,3)9-13(14)19/h4-7,17-18H,8-9H2,1-3H3. The maximum Gasteiger partial charge on any atom is 0.168 e. The molecule has 0 aliphatic heterocycles. The third kappa shape index (κ3) is 2.75. The molecule has 0 unspecified atom stereocenters. The van der Waals surface area contributed by atoms with Crippen LogP contribution in [0.4, 0.5) is 0 Å². The van der Waals surface area contributed by atoms with E-state index < -0.39 is 0 Å². The van der Waals surface area contributed by atoms with Gasteiger partial charge in [0.2, 0.25) is 0 Å². The van der Waals surface area contributed by atoms with Gasteiger partial charge in [-0.15, -0.1) is 0 Å². The first-order chi connectivity index (χ1) is 8.80. The molecule has 0 bridgehead atoms. The Labute approximate surface area is 113 Å². The third-order valence-electron chi connectivity index (χ3n) is 3.41. The van der Waals surface area contributed by atoms with Gasteiger partial charge in [-0.2, -0.15) is 0 Å². The number of allylic oxidation sites excluding steroid dienone is 2. The van der Waals surface area contributed by atoms with Crippen LogP contribution in [-0.2, 0) is 4.79 Å². The number of carbonyl (C=O) groups is 1. The molecular formula is C16H19NO2. The average molecular weight is 257 g/mol. The topological polar surface area (TPSA) is 61.1 Å². The fourth-order valence-corrected chi connectivity index (χ4v) is 2.52. The summed E-state index contributed by atoms with van der Waals surface area (Å²) in [6, 6.07) is 7.45. The molecule has 3 heteroatoms. The molecule has 0 amide bonds. The van der Waals surface area contributed by atoms with Crippen molar-refractivity contribution in [2.24, 2.45) is 5.41 Å². The zero-order valence-corrected chi connectivity index (χ0v) is 11.6. The van der Waals surface area contributed by atoms with Crippen molar-refractivity contribution in [3.8, 4) is 0 Å². The second kappa shape index (κ2) is 4.65. The van der Waals surface area contributed by atoms with Gasteiger partial charge in [-0.25, -0.2) is 0 Å². The van der Waals surface area contributed by atoms with Crippen molar-refractivity contribution in [2.45, 2.75) is 33.6 Å². The van der Waals surface area contributed by atoms with Gasteiger partial charge in [-0.3, -0.25) is 10.2 Å². The molecule has 1 aromatic rings. The number of aryl methyl sites for hydroxylation is 1. The molecule has 19 heavy (non-hydrogen) atoms. The smallest absolute Gasteiger partial charge is 0.168 e. The molecule has 1 aliphatic rings. The summed E-state index contributed by atoms with van der Waals surface area (Å²) in [7, 11) is 0. The number of Topliss-reactive ketones (excluding diaryl/α,β-unsaturated/α-hetero) is 1. The maximum absolute atomic E-state index is 12.2. The Morgan fingerprint density at radius 3 is 2.58 bits per heavy atom. The molecule has 0 atom stereocenters. The van der Waals surface area contributed by atoms with Crippen LogP contribution in [0.2, 0.25) is 0 Å². The normalized spacial score (nSPS) is 18.6. The van der Waals surface area contributed by atoms with E-state index in [2.05, 4.69) is 0 Å². The fraction of sp³-hybridized carbons (Fsp3) is 0.375. The van der Waals surface area contributed by atoms with E-state index in [-0.39, 0.29) is 28.2 Å². The monoisotopic (exact) mass is 257 g/mol. The van der Waals surface area contributed by atoms with E-state index in [4.69, 9.17) is 5.41 Å². The molecular weight excluding hydrogens is 238 g/mol. The number of nitrogens with one attached hydrogen (secondary N) is 1. The molecule has 0 radical (unpaired) electrons. The first-order valence-electron chi connectivity index (χ1n) is 6.41. The Morgan fingerprint density at radius 2 is 2.00 bits per heavy atom. The van der Waals surface area contributed by atoms with Gasteiger partial charge in [0.15, 0.2) is 5.78 Å². The highest BCUT2D eigenvalue weighted by molar-refractivity contribution is 6.28. The highest BCUT2D eigenvalue weighted by atomic mass is 16.3. The van der Waals surface area contributed by atoms with Crippen molar-refractivity contribution < 1.29 is 9.90 Å². The molecule has 0 saturated heterocycles. The molecule has 3 nitrogen and oxygen atoms in total. The van der Waals surface area contributed by atoms with E-state index in [9.17, 15) is 9.90 Å². The molecule has 100 valence electrons. The molecule has 0 spiro atoms. The summed E-state index contributed by atoms with van der Waals surface area (Å²) in [6.07, 6.45) is 0.822. The lowest BCUT2D eigenvalue weighted by molar-refractivity contribution is -0.117. The Balaban J connectivity index is 2.41. The number of aliphatic hydroxyl groups is 1. The van der Waals surface area contributed by atoms with E-state index in [0.29, 0.717) is 18.4 Å². The minimum absolute atomic E-state index is 0.0488. The van der Waals surface area contributed by atoms with E-state index >= 15 is 0 Å². The first kappa shape index (κ1) is 13.5. The van der Waals surface area contributed by atoms with E-state index in [1.807, 2.05) is 39.0 Å². The first-order valence-corrected chi connectivity index (χ1v) is 6.41. The van der Waals surface area contributed by atoms with Gasteiger partial charge in [0.25, 0.3) is 0 Å². The quantitative estimate of drug-likeness (QED) is 0.796. The van der Waals surface area contributed by atoms with E-state index in [1.165, 1.54) is 0 Å². The number of aliphatic hydroxyl groups excluding tert-OH is 1. The summed E-state index contributed by atoms with van der Waals surface area (Å²) in [5.41, 5.74) is 1.80. The highest BCUT2D eigenvalue weighted by Gasteiger charge is 2.34. The van der Waals surface area contributed by atoms with E-state index in [1.54, 1.807) is 6.07 Å². The summed E-state index contributed by atoms with van der Waals surface area (Å²) >= 11 is 0. The second-order valence-electron chi connectivity index (χ2n) is 6.01. The summed E-state index contributed by atoms with van der Waals surface area (Å²) < 4.78 is 0. The number of rotatable bonds is 2. The van der Waals surface area contributed by atoms with Crippen LogP contribution in [0.5, 0.6) is 0 Å². The van der Waals surface area contributed by atoms with Gasteiger partial charge in [-0.05, 0) is 18.4 Å². The number of benzene rings is 1. The molecule has 1 aromatic carbocycles. The fourth-order valence-electron chi connectivity index (χ4n) is 2.52. The Kier molecular flexibility index (Phi) is 3.31. The van der Waals surface area contributed by atoms with E-state index in [0.717, 1.165) is 5.56 Å². The number of hydrogen-bond donors (Lipinski definition) is 2. The van der Waals surface area contributed by atoms with Gasteiger partial charge in [0.05, 0.1) is 11.3 Å². The van der Waals surface area contributed by atoms with Crippen LogP contribution in [0.25, 0.3) is 0 Å². The SMILES string of the molecule is Cc1cccc(C(=N)C2=C(O)CC(C)(C)CC2=O)c1. The lowest BCUT2D eigenvalue weighted by Crippen LogP contribution is -2.29. The molecule has 2 rings (SSSR count). The summed E-state index contributed by atoms with van der Waals surface area (Å²) in [6.45, 7) is 5.85. The highest BCUT2D eigenvalue weighted by Crippen LogP contribution is 2.36. The van der Waals surface area contributed by atoms with Gasteiger partial charge in [-0.1, -0.05) is 37.6 Å². The Morgan fingerprint density at radius 1 is 1.32 bits per heavy atom. The Bertz CT molecular complexity index is 582. The second-order valence-corrected chi connectivity index (χ2v) is 6.01. The van der Waals surface area contributed by atoms with Crippen molar-refractivity contribution in [3.05, 3.63) is 46.7 Å². The van der Waals surface area contributed by atoms with Crippen molar-refractivity contribution in [3.63, 3.8) is 0 Å². The van der Waals surface area contributed by atoms with Crippen molar-refractivity contribution in [2.75, 3.05) is 0 Å². The zero-order valence-electron chi connectivity index (χ0n) is 11.6. The average Bonchev–Trinajstić information content (AvgIpc) is 2.25. The summed E-state index contributed by atoms with van der Waals surface area (Å²) in [4.78, 5) is 12.2. The van der Waals surface area contributed by atoms with Crippen LogP contribution in [0, 0.1) is 17.7 Å². The molecule has 0 heterocycles. The molecule has 0 aromatic heterocycles. The van der Waals surface area contributed by atoms with Crippen molar-refractivity contribution >= 4 is 11.5 Å². The number of carbonyl (C=O) groups excluding carboxylic acids is 1. The van der Waals surface area contributed by atoms with Crippen LogP contribution in [-0.4, -0.2) is 16.6 Å². The number of hydrogen-bond acceptors (Lipinski definition) is 3. The lowest BCUT2D eigenvalue weighted by Gasteiger charge is -2.29. The van der Waals surface area contributed by atoms with Crippen LogP contribution >= 0.6 is 0 Å². The van der Waals surface area contributed by atoms with Gasteiger partial charge in [0, 0.05) is 18.4 Å². The Hall–Kier alpha value is -1.90. The predicted octanol–water partition coefficient (Wildman–Crippen LogP) is 3.56. The molecule has 0 fully saturated rings. The lowest BCUT2D eigenvalue weighted by atomic mass is 9.75. The number of ketones is 1. The maximum atomic E-state index is 12.2. The molecule has 0 saturated carbocycles. The van der Waals surface area contributed by atoms with Crippen molar-refractivity contribution in [1.82, 2.24) is 0 Å². The zero-order chi connectivity index (χ0) is 14.2. The largest absolute Gasteiger partial charge is 0.511 e. The van der Waals surface area contributed by atoms with Gasteiger partial charge >= 0.3 is 0 Å². The molecule has 2 N–H and O–H groups in total. The van der Waals surface area contributed by atoms with Gasteiger partial charge in [0.1, 0.15) is 5.76 Å². The van der Waals surface area contributed by atoms with Gasteiger partial charge < -0.3 is 5.11 Å². The summed E-state index contributed by atoms with van der Waals surface area (Å²) in [5, 5.41) is 18.3. The van der Waals surface area contributed by atoms with Crippen molar-refractivity contribution in [1.29, 1.82) is 5.41 Å². The molecule has 1 aliphatic carbocycles. The van der Waals surface area contributed by atoms with Crippen LogP contribution in [0.1, 0.15) is 37.8 Å².